The molecule has 3 heterocycles. The van der Waals surface area contributed by atoms with Gasteiger partial charge in [0.25, 0.3) is 5.91 Å². The van der Waals surface area contributed by atoms with Crippen LogP contribution in [0.2, 0.25) is 0 Å². The summed E-state index contributed by atoms with van der Waals surface area (Å²) >= 11 is 8.27. The Labute approximate surface area is 301 Å². The van der Waals surface area contributed by atoms with E-state index in [1.807, 2.05) is 91.0 Å². The number of anilines is 1. The maximum atomic E-state index is 14.0. The molecule has 2 aliphatic rings. The van der Waals surface area contributed by atoms with Crippen LogP contribution in [0.3, 0.4) is 0 Å². The molecule has 1 aromatic heterocycles. The van der Waals surface area contributed by atoms with Crippen molar-refractivity contribution in [3.63, 3.8) is 0 Å². The number of alkyl halides is 2. The van der Waals surface area contributed by atoms with E-state index in [2.05, 4.69) is 15.8 Å². The first-order valence-corrected chi connectivity index (χ1v) is 18.1. The van der Waals surface area contributed by atoms with Crippen LogP contribution in [0.4, 0.5) is 9.52 Å². The number of thioether (sulfide) groups is 1. The summed E-state index contributed by atoms with van der Waals surface area (Å²) in [5.74, 6) is -2.14. The number of carbonyl (C=O) groups is 3. The SMILES string of the molecule is O=C(NC1S[C@@H]2CC(=O)N2CC1(C=CCCl)C(=O)O)C(=NOCCF)c1csc(NC(c2ccccc2)(c2ccccc2)c2ccccc2)n1. The number of nitrogens with zero attached hydrogens (tertiary/aromatic N) is 3. The van der Waals surface area contributed by atoms with Gasteiger partial charge in [0.05, 0.1) is 17.2 Å². The second-order valence-corrected chi connectivity index (χ2v) is 14.0. The lowest BCUT2D eigenvalue weighted by Gasteiger charge is -2.52. The number of thiazole rings is 1. The normalized spacial score (nSPS) is 20.6. The fourth-order valence-corrected chi connectivity index (χ4v) is 8.51. The lowest BCUT2D eigenvalue weighted by Crippen LogP contribution is -2.66. The molecular weight excluding hydrogens is 701 g/mol. The topological polar surface area (TPSA) is 133 Å². The van der Waals surface area contributed by atoms with Crippen LogP contribution in [0.5, 0.6) is 0 Å². The average molecular weight is 734 g/mol. The van der Waals surface area contributed by atoms with Crippen LogP contribution in [0, 0.1) is 5.41 Å². The molecule has 0 saturated carbocycles. The van der Waals surface area contributed by atoms with Gasteiger partial charge in [0.15, 0.2) is 10.8 Å². The van der Waals surface area contributed by atoms with Crippen LogP contribution in [0.15, 0.2) is 114 Å². The van der Waals surface area contributed by atoms with Crippen molar-refractivity contribution in [1.82, 2.24) is 15.2 Å². The highest BCUT2D eigenvalue weighted by molar-refractivity contribution is 8.00. The number of rotatable bonds is 14. The third kappa shape index (κ3) is 6.85. The van der Waals surface area contributed by atoms with E-state index in [0.29, 0.717) is 5.13 Å². The zero-order chi connectivity index (χ0) is 35.1. The minimum atomic E-state index is -1.68. The van der Waals surface area contributed by atoms with Gasteiger partial charge in [-0.2, -0.15) is 0 Å². The molecule has 0 radical (unpaired) electrons. The van der Waals surface area contributed by atoms with E-state index < -0.39 is 41.5 Å². The van der Waals surface area contributed by atoms with Crippen molar-refractivity contribution in [3.8, 4) is 0 Å². The fraction of sp³-hybridized carbons (Fsp3) is 0.250. The van der Waals surface area contributed by atoms with Gasteiger partial charge in [-0.3, -0.25) is 14.4 Å². The monoisotopic (exact) mass is 733 g/mol. The summed E-state index contributed by atoms with van der Waals surface area (Å²) in [6, 6.07) is 29.8. The largest absolute Gasteiger partial charge is 0.480 e. The van der Waals surface area contributed by atoms with Crippen molar-refractivity contribution in [2.75, 3.05) is 31.0 Å². The Hall–Kier alpha value is -4.72. The molecule has 2 amide bonds. The highest BCUT2D eigenvalue weighted by Crippen LogP contribution is 2.47. The maximum Gasteiger partial charge on any atom is 0.318 e. The Bertz CT molecular complexity index is 1780. The molecule has 50 heavy (non-hydrogen) atoms. The third-order valence-electron chi connectivity index (χ3n) is 8.58. The maximum absolute atomic E-state index is 14.0. The predicted molar refractivity (Wildman–Crippen MR) is 193 cm³/mol. The lowest BCUT2D eigenvalue weighted by molar-refractivity contribution is -0.154. The van der Waals surface area contributed by atoms with E-state index in [4.69, 9.17) is 21.4 Å². The molecule has 2 unspecified atom stereocenters. The number of nitrogens with one attached hydrogen (secondary N) is 2. The van der Waals surface area contributed by atoms with Gasteiger partial charge < -0.3 is 25.5 Å². The average Bonchev–Trinajstić information content (AvgIpc) is 3.60. The first-order valence-electron chi connectivity index (χ1n) is 15.7. The first kappa shape index (κ1) is 35.1. The number of allylic oxidation sites excluding steroid dienone is 1. The molecule has 3 aromatic carbocycles. The van der Waals surface area contributed by atoms with Crippen molar-refractivity contribution in [1.29, 1.82) is 0 Å². The number of halogens is 2. The molecule has 6 rings (SSSR count). The Morgan fingerprint density at radius 3 is 2.18 bits per heavy atom. The highest BCUT2D eigenvalue weighted by atomic mass is 35.5. The van der Waals surface area contributed by atoms with Crippen molar-refractivity contribution >= 4 is 63.3 Å². The molecule has 2 fully saturated rings. The number of hydrogen-bond donors (Lipinski definition) is 3. The minimum Gasteiger partial charge on any atom is -0.480 e. The molecule has 258 valence electrons. The summed E-state index contributed by atoms with van der Waals surface area (Å²) in [4.78, 5) is 50.5. The standard InChI is InChI=1S/C36H33ClFN5O5S2/c37-18-10-17-35(33(46)47)23-43-28(44)21-29(43)50-32(35)40-31(45)30(42-48-20-19-38)27-22-49-34(39-27)41-36(24-11-4-1-5-12-24,25-13-6-2-7-14-25)26-15-8-3-9-16-26/h1-17,22,29,32H,18-21,23H2,(H,39,41)(H,40,45)(H,46,47)/t29-,32?,35?/m1/s1. The molecule has 3 atom stereocenters. The van der Waals surface area contributed by atoms with Crippen molar-refractivity contribution in [2.24, 2.45) is 10.6 Å². The number of oxime groups is 1. The van der Waals surface area contributed by atoms with Gasteiger partial charge in [-0.25, -0.2) is 9.37 Å². The Morgan fingerprint density at radius 2 is 1.66 bits per heavy atom. The van der Waals surface area contributed by atoms with Crippen molar-refractivity contribution < 1.29 is 28.7 Å². The summed E-state index contributed by atoms with van der Waals surface area (Å²) in [6.07, 6.45) is 3.12. The van der Waals surface area contributed by atoms with Crippen LogP contribution in [0.25, 0.3) is 0 Å². The van der Waals surface area contributed by atoms with Crippen LogP contribution >= 0.6 is 34.7 Å². The van der Waals surface area contributed by atoms with Crippen LogP contribution in [-0.4, -0.2) is 74.9 Å². The summed E-state index contributed by atoms with van der Waals surface area (Å²) in [6.45, 7) is -1.39. The summed E-state index contributed by atoms with van der Waals surface area (Å²) in [5.41, 5.74) is 0.127. The molecule has 10 nitrogen and oxygen atoms in total. The number of carbonyl (C=O) groups excluding carboxylic acids is 2. The number of β-lactam (4-membered cyclic amide) rings is 1. The van der Waals surface area contributed by atoms with Gasteiger partial charge >= 0.3 is 5.97 Å². The van der Waals surface area contributed by atoms with Crippen molar-refractivity contribution in [3.05, 3.63) is 131 Å². The molecule has 2 aliphatic heterocycles. The van der Waals surface area contributed by atoms with Gasteiger partial charge in [0.1, 0.15) is 29.9 Å². The van der Waals surface area contributed by atoms with E-state index in [1.165, 1.54) is 28.4 Å². The van der Waals surface area contributed by atoms with Gasteiger partial charge in [-0.15, -0.1) is 34.7 Å². The van der Waals surface area contributed by atoms with E-state index >= 15 is 0 Å². The number of aliphatic carboxylic acids is 1. The Morgan fingerprint density at radius 1 is 1.06 bits per heavy atom. The van der Waals surface area contributed by atoms with Gasteiger partial charge in [-0.05, 0) is 16.7 Å². The summed E-state index contributed by atoms with van der Waals surface area (Å²) in [5, 5.41) is 21.6. The lowest BCUT2D eigenvalue weighted by atomic mass is 9.77. The van der Waals surface area contributed by atoms with Gasteiger partial charge in [0, 0.05) is 17.8 Å². The third-order valence-corrected chi connectivity index (χ3v) is 11.1. The number of carboxylic acids is 1. The summed E-state index contributed by atoms with van der Waals surface area (Å²) in [7, 11) is 0. The molecular formula is C36H33ClFN5O5S2. The van der Waals surface area contributed by atoms with Crippen LogP contribution in [-0.2, 0) is 24.8 Å². The smallest absolute Gasteiger partial charge is 0.318 e. The highest BCUT2D eigenvalue weighted by Gasteiger charge is 2.57. The van der Waals surface area contributed by atoms with E-state index in [0.717, 1.165) is 28.5 Å². The molecule has 0 bridgehead atoms. The zero-order valence-electron chi connectivity index (χ0n) is 26.6. The van der Waals surface area contributed by atoms with E-state index in [9.17, 15) is 23.9 Å². The molecule has 4 aromatic rings. The predicted octanol–water partition coefficient (Wildman–Crippen LogP) is 5.85. The number of aromatic nitrogens is 1. The Balaban J connectivity index is 1.37. The van der Waals surface area contributed by atoms with Crippen LogP contribution < -0.4 is 10.6 Å². The number of benzene rings is 3. The molecule has 3 N–H and O–H groups in total. The zero-order valence-corrected chi connectivity index (χ0v) is 29.0. The Kier molecular flexibility index (Phi) is 10.8. The van der Waals surface area contributed by atoms with Gasteiger partial charge in [-0.1, -0.05) is 108 Å². The van der Waals surface area contributed by atoms with E-state index in [1.54, 1.807) is 5.38 Å². The summed E-state index contributed by atoms with van der Waals surface area (Å²) < 4.78 is 13.1. The van der Waals surface area contributed by atoms with E-state index in [-0.39, 0.29) is 41.5 Å². The molecule has 0 aliphatic carbocycles. The number of amides is 2. The second kappa shape index (κ2) is 15.4. The minimum absolute atomic E-state index is 0.0343. The van der Waals surface area contributed by atoms with Crippen molar-refractivity contribution in [2.45, 2.75) is 22.7 Å². The second-order valence-electron chi connectivity index (χ2n) is 11.5. The van der Waals surface area contributed by atoms with Gasteiger partial charge in [0.2, 0.25) is 5.91 Å². The molecule has 14 heteroatoms. The first-order chi connectivity index (χ1) is 24.3. The van der Waals surface area contributed by atoms with Crippen LogP contribution in [0.1, 0.15) is 28.8 Å². The number of hydrogen-bond acceptors (Lipinski definition) is 9. The fourth-order valence-electron chi connectivity index (χ4n) is 6.11. The molecule has 2 saturated heterocycles. The molecule has 0 spiro atoms. The number of fused-ring (bicyclic) bond motifs is 1. The number of carboxylic acid groups (broad SMARTS) is 1. The quantitative estimate of drug-likeness (QED) is 0.0280.